The van der Waals surface area contributed by atoms with Crippen LogP contribution in [0.15, 0.2) is 39.1 Å². The van der Waals surface area contributed by atoms with Crippen molar-refractivity contribution in [2.24, 2.45) is 5.41 Å². The Morgan fingerprint density at radius 2 is 1.73 bits per heavy atom. The molecule has 7 heteroatoms. The van der Waals surface area contributed by atoms with Gasteiger partial charge >= 0.3 is 5.97 Å². The molecular weight excluding hydrogens is 486 g/mol. The summed E-state index contributed by atoms with van der Waals surface area (Å²) in [6, 6.07) is 3.68. The van der Waals surface area contributed by atoms with Gasteiger partial charge in [0.25, 0.3) is 0 Å². The van der Waals surface area contributed by atoms with E-state index in [2.05, 4.69) is 35.1 Å². The summed E-state index contributed by atoms with van der Waals surface area (Å²) in [6.07, 6.45) is 5.01. The van der Waals surface area contributed by atoms with Crippen LogP contribution in [-0.4, -0.2) is 32.1 Å². The highest BCUT2D eigenvalue weighted by atomic mass is 79.9. The summed E-state index contributed by atoms with van der Waals surface area (Å²) < 4.78 is 17.7. The molecule has 0 spiro atoms. The number of halogens is 1. The number of Topliss-reactive ketones (excluding diaryl/α,β-unsaturated/α-hetero) is 1. The van der Waals surface area contributed by atoms with Crippen molar-refractivity contribution in [3.05, 3.63) is 44.7 Å². The van der Waals surface area contributed by atoms with E-state index in [4.69, 9.17) is 14.2 Å². The van der Waals surface area contributed by atoms with Gasteiger partial charge in [0.05, 0.1) is 19.8 Å². The lowest BCUT2D eigenvalue weighted by atomic mass is 9.68. The van der Waals surface area contributed by atoms with E-state index in [0.29, 0.717) is 29.1 Å². The highest BCUT2D eigenvalue weighted by Crippen LogP contribution is 2.50. The third-order valence-corrected chi connectivity index (χ3v) is 7.54. The molecule has 1 atom stereocenters. The number of esters is 1. The number of hydrogen-bond acceptors (Lipinski definition) is 6. The second-order valence-electron chi connectivity index (χ2n) is 9.97. The van der Waals surface area contributed by atoms with Gasteiger partial charge in [-0.05, 0) is 62.1 Å². The summed E-state index contributed by atoms with van der Waals surface area (Å²) >= 11 is 3.67. The minimum absolute atomic E-state index is 0.0547. The van der Waals surface area contributed by atoms with E-state index in [1.54, 1.807) is 14.2 Å². The van der Waals surface area contributed by atoms with Gasteiger partial charge in [-0.2, -0.15) is 0 Å². The molecule has 0 saturated heterocycles. The van der Waals surface area contributed by atoms with Crippen LogP contribution < -0.4 is 14.8 Å². The van der Waals surface area contributed by atoms with Crippen molar-refractivity contribution in [3.63, 3.8) is 0 Å². The molecule has 1 aliphatic heterocycles. The number of carbonyl (C=O) groups excluding carboxylic acids is 2. The lowest BCUT2D eigenvalue weighted by molar-refractivity contribution is -0.144. The minimum atomic E-state index is -0.548. The first-order chi connectivity index (χ1) is 15.6. The van der Waals surface area contributed by atoms with Crippen LogP contribution in [0.1, 0.15) is 70.8 Å². The Balaban J connectivity index is 1.86. The van der Waals surface area contributed by atoms with Gasteiger partial charge in [-0.1, -0.05) is 29.8 Å². The zero-order chi connectivity index (χ0) is 23.9. The van der Waals surface area contributed by atoms with E-state index in [0.717, 1.165) is 53.5 Å². The molecule has 1 fully saturated rings. The molecule has 1 aromatic carbocycles. The Morgan fingerprint density at radius 1 is 1.09 bits per heavy atom. The quantitative estimate of drug-likeness (QED) is 0.515. The summed E-state index contributed by atoms with van der Waals surface area (Å²) in [5, 5.41) is 3.40. The number of ketones is 1. The van der Waals surface area contributed by atoms with Gasteiger partial charge in [-0.15, -0.1) is 0 Å². The molecule has 0 unspecified atom stereocenters. The third-order valence-electron chi connectivity index (χ3n) is 6.85. The molecule has 178 valence electrons. The van der Waals surface area contributed by atoms with Crippen molar-refractivity contribution in [3.8, 4) is 11.5 Å². The van der Waals surface area contributed by atoms with Gasteiger partial charge < -0.3 is 19.5 Å². The smallest absolute Gasteiger partial charge is 0.337 e. The Hall–Kier alpha value is -2.28. The SMILES string of the molecule is COc1cc(Br)c([C@@H]2C(C(=O)OC3CCCC3)=C(C)NC3=C2C(=O)CC(C)(C)C3)cc1OC. The Labute approximate surface area is 203 Å². The lowest BCUT2D eigenvalue weighted by Gasteiger charge is -2.39. The number of carbonyl (C=O) groups is 2. The molecule has 1 saturated carbocycles. The molecule has 0 radical (unpaired) electrons. The van der Waals surface area contributed by atoms with Gasteiger partial charge in [0.1, 0.15) is 6.10 Å². The van der Waals surface area contributed by atoms with E-state index >= 15 is 0 Å². The molecule has 0 bridgehead atoms. The maximum Gasteiger partial charge on any atom is 0.337 e. The summed E-state index contributed by atoms with van der Waals surface area (Å²) in [6.45, 7) is 6.09. The summed E-state index contributed by atoms with van der Waals surface area (Å²) in [4.78, 5) is 27.0. The van der Waals surface area contributed by atoms with Gasteiger partial charge in [-0.3, -0.25) is 4.79 Å². The normalized spacial score (nSPS) is 22.7. The number of allylic oxidation sites excluding steroid dienone is 3. The van der Waals surface area contributed by atoms with Crippen LogP contribution >= 0.6 is 15.9 Å². The predicted molar refractivity (Wildman–Crippen MR) is 129 cm³/mol. The van der Waals surface area contributed by atoms with Crippen molar-refractivity contribution in [1.29, 1.82) is 0 Å². The second kappa shape index (κ2) is 9.16. The van der Waals surface area contributed by atoms with Crippen molar-refractivity contribution in [1.82, 2.24) is 5.32 Å². The van der Waals surface area contributed by atoms with E-state index in [1.165, 1.54) is 0 Å². The van der Waals surface area contributed by atoms with Crippen LogP contribution in [0.2, 0.25) is 0 Å². The van der Waals surface area contributed by atoms with E-state index in [9.17, 15) is 9.59 Å². The third kappa shape index (κ3) is 4.57. The number of rotatable bonds is 5. The Morgan fingerprint density at radius 3 is 2.36 bits per heavy atom. The van der Waals surface area contributed by atoms with Gasteiger partial charge in [0, 0.05) is 33.8 Å². The highest BCUT2D eigenvalue weighted by molar-refractivity contribution is 9.10. The Bertz CT molecular complexity index is 1050. The molecule has 6 nitrogen and oxygen atoms in total. The molecule has 0 aromatic heterocycles. The number of hydrogen-bond donors (Lipinski definition) is 1. The molecule has 0 amide bonds. The highest BCUT2D eigenvalue weighted by Gasteiger charge is 2.44. The molecule has 4 rings (SSSR count). The topological polar surface area (TPSA) is 73.9 Å². The summed E-state index contributed by atoms with van der Waals surface area (Å²) in [7, 11) is 3.16. The monoisotopic (exact) mass is 517 g/mol. The Kier molecular flexibility index (Phi) is 6.63. The standard InChI is InChI=1S/C26H32BrNO5/c1-14-22(25(30)33-15-8-6-7-9-15)23(16-10-20(31-4)21(32-5)11-17(16)27)24-18(28-14)12-26(2,3)13-19(24)29/h10-11,15,23,28H,6-9,12-13H2,1-5H3/t23-/m1/s1. The maximum atomic E-state index is 13.5. The number of dihydropyridines is 1. The first-order valence-electron chi connectivity index (χ1n) is 11.5. The number of ether oxygens (including phenoxy) is 3. The van der Waals surface area contributed by atoms with Crippen LogP contribution in [0.3, 0.4) is 0 Å². The molecule has 2 aliphatic carbocycles. The lowest BCUT2D eigenvalue weighted by Crippen LogP contribution is -2.39. The van der Waals surface area contributed by atoms with Crippen LogP contribution in [0.4, 0.5) is 0 Å². The number of methoxy groups -OCH3 is 2. The van der Waals surface area contributed by atoms with Crippen LogP contribution in [0, 0.1) is 5.41 Å². The minimum Gasteiger partial charge on any atom is -0.493 e. The largest absolute Gasteiger partial charge is 0.493 e. The van der Waals surface area contributed by atoms with Crippen molar-refractivity contribution >= 4 is 27.7 Å². The van der Waals surface area contributed by atoms with Gasteiger partial charge in [0.2, 0.25) is 0 Å². The van der Waals surface area contributed by atoms with Crippen molar-refractivity contribution in [2.45, 2.75) is 71.3 Å². The molecule has 3 aliphatic rings. The van der Waals surface area contributed by atoms with Gasteiger partial charge in [0.15, 0.2) is 17.3 Å². The number of benzene rings is 1. The van der Waals surface area contributed by atoms with Gasteiger partial charge in [-0.25, -0.2) is 4.79 Å². The van der Waals surface area contributed by atoms with Crippen LogP contribution in [-0.2, 0) is 14.3 Å². The van der Waals surface area contributed by atoms with E-state index in [-0.39, 0.29) is 23.3 Å². The van der Waals surface area contributed by atoms with E-state index < -0.39 is 5.92 Å². The average molecular weight is 518 g/mol. The summed E-state index contributed by atoms with van der Waals surface area (Å²) in [5.74, 6) is 0.263. The predicted octanol–water partition coefficient (Wildman–Crippen LogP) is 5.56. The molecular formula is C26H32BrNO5. The maximum absolute atomic E-state index is 13.5. The van der Waals surface area contributed by atoms with Crippen molar-refractivity contribution in [2.75, 3.05) is 14.2 Å². The zero-order valence-corrected chi connectivity index (χ0v) is 21.6. The first-order valence-corrected chi connectivity index (χ1v) is 12.3. The second-order valence-corrected chi connectivity index (χ2v) is 10.8. The average Bonchev–Trinajstić information content (AvgIpc) is 3.24. The molecule has 1 N–H and O–H groups in total. The molecule has 1 heterocycles. The van der Waals surface area contributed by atoms with E-state index in [1.807, 2.05) is 19.1 Å². The number of nitrogens with one attached hydrogen (secondary N) is 1. The fourth-order valence-electron chi connectivity index (χ4n) is 5.33. The fourth-order valence-corrected chi connectivity index (χ4v) is 5.88. The van der Waals surface area contributed by atoms with Crippen LogP contribution in [0.5, 0.6) is 11.5 Å². The van der Waals surface area contributed by atoms with Crippen molar-refractivity contribution < 1.29 is 23.8 Å². The zero-order valence-electron chi connectivity index (χ0n) is 20.0. The molecule has 1 aromatic rings. The molecule has 33 heavy (non-hydrogen) atoms. The van der Waals surface area contributed by atoms with Crippen LogP contribution in [0.25, 0.3) is 0 Å². The first kappa shape index (κ1) is 23.9. The fraction of sp³-hybridized carbons (Fsp3) is 0.538. The summed E-state index contributed by atoms with van der Waals surface area (Å²) in [5.41, 5.74) is 3.39.